The van der Waals surface area contributed by atoms with Crippen LogP contribution in [0.5, 0.6) is 5.75 Å². The van der Waals surface area contributed by atoms with Crippen LogP contribution in [0.1, 0.15) is 11.1 Å². The summed E-state index contributed by atoms with van der Waals surface area (Å²) in [6, 6.07) is 14.0. The van der Waals surface area contributed by atoms with E-state index < -0.39 is 0 Å². The largest absolute Gasteiger partial charge is 0.497 e. The molecule has 0 radical (unpaired) electrons. The first-order chi connectivity index (χ1) is 13.0. The fourth-order valence-corrected chi connectivity index (χ4v) is 4.57. The van der Waals surface area contributed by atoms with Crippen LogP contribution in [0.4, 0.5) is 11.4 Å². The van der Waals surface area contributed by atoms with Gasteiger partial charge >= 0.3 is 0 Å². The van der Waals surface area contributed by atoms with Gasteiger partial charge in [0.2, 0.25) is 0 Å². The Morgan fingerprint density at radius 3 is 2.33 bits per heavy atom. The molecule has 0 saturated heterocycles. The Balaban J connectivity index is 1.73. The number of ether oxygens (including phenoxy) is 1. The highest BCUT2D eigenvalue weighted by Crippen LogP contribution is 2.45. The van der Waals surface area contributed by atoms with Crippen molar-refractivity contribution in [3.63, 3.8) is 0 Å². The highest BCUT2D eigenvalue weighted by atomic mass is 32.2. The molecule has 2 aliphatic rings. The summed E-state index contributed by atoms with van der Waals surface area (Å²) in [6.45, 7) is 4.19. The molecule has 7 heteroatoms. The van der Waals surface area contributed by atoms with Gasteiger partial charge in [-0.05, 0) is 49.2 Å². The highest BCUT2D eigenvalue weighted by molar-refractivity contribution is 8.04. The fourth-order valence-electron chi connectivity index (χ4n) is 3.57. The third kappa shape index (κ3) is 2.97. The summed E-state index contributed by atoms with van der Waals surface area (Å²) < 4.78 is 5.25. The summed E-state index contributed by atoms with van der Waals surface area (Å²) in [5, 5.41) is 0.877. The lowest BCUT2D eigenvalue weighted by Crippen LogP contribution is -2.50. The van der Waals surface area contributed by atoms with Crippen molar-refractivity contribution in [3.8, 4) is 5.75 Å². The standard InChI is InChI=1S/C20H23N5OS/c1-12-5-4-6-13(2)16(12)25-17-18(21)24(11-23-19(17)27-20(25)22)14-7-9-15(26-3)10-8-14/h4-11,18,20H,21-22H2,1-3H3. The van der Waals surface area contributed by atoms with E-state index in [1.165, 1.54) is 11.8 Å². The molecule has 2 unspecified atom stereocenters. The van der Waals surface area contributed by atoms with Crippen LogP contribution in [-0.4, -0.2) is 25.1 Å². The van der Waals surface area contributed by atoms with Crippen molar-refractivity contribution in [2.45, 2.75) is 25.5 Å². The predicted molar refractivity (Wildman–Crippen MR) is 113 cm³/mol. The van der Waals surface area contributed by atoms with E-state index in [9.17, 15) is 0 Å². The Bertz CT molecular complexity index is 904. The van der Waals surface area contributed by atoms with Gasteiger partial charge in [-0.25, -0.2) is 4.99 Å². The number of thioether (sulfide) groups is 1. The zero-order chi connectivity index (χ0) is 19.1. The van der Waals surface area contributed by atoms with Gasteiger partial charge in [0, 0.05) is 11.4 Å². The van der Waals surface area contributed by atoms with E-state index in [0.717, 1.165) is 39.0 Å². The average Bonchev–Trinajstić information content (AvgIpc) is 2.99. The fraction of sp³-hybridized carbons (Fsp3) is 0.250. The molecular weight excluding hydrogens is 358 g/mol. The van der Waals surface area contributed by atoms with Crippen LogP contribution in [0.2, 0.25) is 0 Å². The van der Waals surface area contributed by atoms with E-state index in [-0.39, 0.29) is 11.7 Å². The lowest BCUT2D eigenvalue weighted by Gasteiger charge is -2.36. The molecule has 0 amide bonds. The summed E-state index contributed by atoms with van der Waals surface area (Å²) >= 11 is 1.54. The molecule has 2 atom stereocenters. The number of para-hydroxylation sites is 1. The smallest absolute Gasteiger partial charge is 0.136 e. The van der Waals surface area contributed by atoms with Gasteiger partial charge in [0.1, 0.15) is 22.4 Å². The van der Waals surface area contributed by atoms with Gasteiger partial charge in [0.15, 0.2) is 0 Å². The van der Waals surface area contributed by atoms with E-state index in [1.807, 2.05) is 29.2 Å². The van der Waals surface area contributed by atoms with Gasteiger partial charge in [0.25, 0.3) is 0 Å². The summed E-state index contributed by atoms with van der Waals surface area (Å²) in [6.07, 6.45) is 1.39. The molecule has 0 bridgehead atoms. The number of hydrogen-bond donors (Lipinski definition) is 2. The Morgan fingerprint density at radius 2 is 1.70 bits per heavy atom. The summed E-state index contributed by atoms with van der Waals surface area (Å²) in [5.74, 6) is 0.803. The van der Waals surface area contributed by atoms with Crippen LogP contribution in [0.25, 0.3) is 0 Å². The first kappa shape index (κ1) is 17.9. The molecule has 27 heavy (non-hydrogen) atoms. The molecule has 4 rings (SSSR count). The molecule has 0 saturated carbocycles. The van der Waals surface area contributed by atoms with Crippen molar-refractivity contribution in [2.75, 3.05) is 16.9 Å². The second-order valence-electron chi connectivity index (χ2n) is 6.60. The predicted octanol–water partition coefficient (Wildman–Crippen LogP) is 3.11. The lowest BCUT2D eigenvalue weighted by molar-refractivity contribution is 0.415. The van der Waals surface area contributed by atoms with Crippen LogP contribution in [0.15, 0.2) is 58.2 Å². The number of nitrogens with two attached hydrogens (primary N) is 2. The number of methoxy groups -OCH3 is 1. The van der Waals surface area contributed by atoms with Crippen molar-refractivity contribution < 1.29 is 4.74 Å². The first-order valence-corrected chi connectivity index (χ1v) is 9.63. The third-order valence-electron chi connectivity index (χ3n) is 4.90. The van der Waals surface area contributed by atoms with Gasteiger partial charge in [-0.3, -0.25) is 0 Å². The summed E-state index contributed by atoms with van der Waals surface area (Å²) in [4.78, 5) is 8.72. The normalized spacial score (nSPS) is 21.7. The second kappa shape index (κ2) is 6.92. The average molecular weight is 382 g/mol. The number of nitrogens with zero attached hydrogens (tertiary/aromatic N) is 3. The van der Waals surface area contributed by atoms with Crippen molar-refractivity contribution in [1.82, 2.24) is 0 Å². The number of aliphatic imine (C=N–C) groups is 1. The van der Waals surface area contributed by atoms with E-state index in [2.05, 4.69) is 41.9 Å². The zero-order valence-electron chi connectivity index (χ0n) is 15.6. The zero-order valence-corrected chi connectivity index (χ0v) is 16.4. The molecule has 4 N–H and O–H groups in total. The number of benzene rings is 2. The van der Waals surface area contributed by atoms with Crippen LogP contribution in [0, 0.1) is 13.8 Å². The molecule has 2 heterocycles. The number of aryl methyl sites for hydroxylation is 2. The summed E-state index contributed by atoms with van der Waals surface area (Å²) in [5.41, 5.74) is 18.2. The topological polar surface area (TPSA) is 80.1 Å². The Morgan fingerprint density at radius 1 is 1.04 bits per heavy atom. The van der Waals surface area contributed by atoms with Crippen LogP contribution in [-0.2, 0) is 0 Å². The van der Waals surface area contributed by atoms with Crippen molar-refractivity contribution in [2.24, 2.45) is 16.5 Å². The minimum Gasteiger partial charge on any atom is -0.497 e. The number of hydrogen-bond acceptors (Lipinski definition) is 7. The summed E-state index contributed by atoms with van der Waals surface area (Å²) in [7, 11) is 1.65. The molecule has 0 aliphatic carbocycles. The third-order valence-corrected chi connectivity index (χ3v) is 5.89. The Labute approximate surface area is 163 Å². The highest BCUT2D eigenvalue weighted by Gasteiger charge is 2.39. The Hall–Kier alpha value is -2.48. The minimum absolute atomic E-state index is 0.256. The molecule has 0 spiro atoms. The lowest BCUT2D eigenvalue weighted by atomic mass is 10.1. The molecule has 6 nitrogen and oxygen atoms in total. The molecule has 2 aromatic rings. The number of anilines is 2. The monoisotopic (exact) mass is 381 g/mol. The van der Waals surface area contributed by atoms with Crippen molar-refractivity contribution in [3.05, 3.63) is 64.3 Å². The minimum atomic E-state index is -0.383. The van der Waals surface area contributed by atoms with Gasteiger partial charge in [-0.15, -0.1) is 0 Å². The van der Waals surface area contributed by atoms with Gasteiger partial charge in [-0.2, -0.15) is 0 Å². The van der Waals surface area contributed by atoms with E-state index >= 15 is 0 Å². The molecule has 0 aromatic heterocycles. The quantitative estimate of drug-likeness (QED) is 0.850. The van der Waals surface area contributed by atoms with E-state index in [0.29, 0.717) is 0 Å². The van der Waals surface area contributed by atoms with Crippen LogP contribution in [0.3, 0.4) is 0 Å². The van der Waals surface area contributed by atoms with Crippen molar-refractivity contribution in [1.29, 1.82) is 0 Å². The van der Waals surface area contributed by atoms with Crippen molar-refractivity contribution >= 4 is 29.5 Å². The molecule has 2 aliphatic heterocycles. The van der Waals surface area contributed by atoms with Gasteiger partial charge < -0.3 is 26.0 Å². The van der Waals surface area contributed by atoms with E-state index in [4.69, 9.17) is 16.2 Å². The van der Waals surface area contributed by atoms with Gasteiger partial charge in [-0.1, -0.05) is 30.0 Å². The van der Waals surface area contributed by atoms with Crippen LogP contribution < -0.4 is 26.0 Å². The molecule has 0 fully saturated rings. The molecular formula is C20H23N5OS. The molecule has 140 valence electrons. The maximum Gasteiger partial charge on any atom is 0.136 e. The maximum absolute atomic E-state index is 6.69. The SMILES string of the molecule is COc1ccc(N2C=NC3=C(C2N)N(c2c(C)cccc2C)C(N)S3)cc1. The Kier molecular flexibility index (Phi) is 4.59. The van der Waals surface area contributed by atoms with Gasteiger partial charge in [0.05, 0.1) is 19.1 Å². The van der Waals surface area contributed by atoms with Crippen LogP contribution >= 0.6 is 11.8 Å². The maximum atomic E-state index is 6.69. The first-order valence-electron chi connectivity index (χ1n) is 8.75. The second-order valence-corrected chi connectivity index (χ2v) is 7.71. The number of rotatable bonds is 3. The molecule has 2 aromatic carbocycles. The van der Waals surface area contributed by atoms with E-state index in [1.54, 1.807) is 13.4 Å².